The molecule has 1 aliphatic carbocycles. The number of pyridine rings is 1. The number of rotatable bonds is 6. The van der Waals surface area contributed by atoms with Gasteiger partial charge in [-0.05, 0) is 24.7 Å². The zero-order chi connectivity index (χ0) is 13.2. The smallest absolute Gasteiger partial charge is 0.312 e. The summed E-state index contributed by atoms with van der Waals surface area (Å²) in [6.07, 6.45) is 4.15. The number of nitrogens with one attached hydrogen (secondary N) is 1. The molecule has 0 aliphatic heterocycles. The summed E-state index contributed by atoms with van der Waals surface area (Å²) in [4.78, 5) is 14.3. The normalized spacial score (nSPS) is 16.3. The maximum atomic E-state index is 10.9. The molecular weight excluding hydrogens is 258 g/mol. The summed E-state index contributed by atoms with van der Waals surface area (Å²) in [5, 5.41) is 23.0. The molecule has 98 valence electrons. The van der Waals surface area contributed by atoms with Crippen molar-refractivity contribution < 1.29 is 10.0 Å². The third-order valence-corrected chi connectivity index (χ3v) is 3.47. The van der Waals surface area contributed by atoms with Gasteiger partial charge in [0.05, 0.1) is 9.95 Å². The summed E-state index contributed by atoms with van der Waals surface area (Å²) in [5.41, 5.74) is -0.0495. The molecule has 1 aliphatic rings. The molecular formula is C11H14ClN3O3. The van der Waals surface area contributed by atoms with Crippen molar-refractivity contribution in [3.05, 3.63) is 27.4 Å². The van der Waals surface area contributed by atoms with E-state index in [4.69, 9.17) is 16.7 Å². The summed E-state index contributed by atoms with van der Waals surface area (Å²) >= 11 is 5.69. The molecule has 18 heavy (non-hydrogen) atoms. The zero-order valence-electron chi connectivity index (χ0n) is 9.73. The Labute approximate surface area is 109 Å². The van der Waals surface area contributed by atoms with E-state index in [-0.39, 0.29) is 28.5 Å². The molecule has 1 aromatic heterocycles. The maximum absolute atomic E-state index is 10.9. The van der Waals surface area contributed by atoms with Crippen molar-refractivity contribution in [2.24, 2.45) is 5.41 Å². The van der Waals surface area contributed by atoms with Crippen LogP contribution in [0.5, 0.6) is 0 Å². The van der Waals surface area contributed by atoms with Gasteiger partial charge in [0, 0.05) is 25.4 Å². The number of aliphatic hydroxyl groups excluding tert-OH is 1. The van der Waals surface area contributed by atoms with Gasteiger partial charge in [-0.15, -0.1) is 0 Å². The molecule has 0 amide bonds. The Hall–Kier alpha value is -1.40. The van der Waals surface area contributed by atoms with Crippen LogP contribution in [0, 0.1) is 15.5 Å². The molecule has 1 saturated carbocycles. The monoisotopic (exact) mass is 271 g/mol. The Morgan fingerprint density at radius 1 is 1.61 bits per heavy atom. The third-order valence-electron chi connectivity index (χ3n) is 3.26. The Balaban J connectivity index is 2.07. The van der Waals surface area contributed by atoms with Gasteiger partial charge in [0.1, 0.15) is 0 Å². The first-order valence-corrected chi connectivity index (χ1v) is 6.09. The van der Waals surface area contributed by atoms with Crippen LogP contribution in [0.3, 0.4) is 0 Å². The lowest BCUT2D eigenvalue weighted by Gasteiger charge is -2.14. The molecule has 0 atom stereocenters. The van der Waals surface area contributed by atoms with Crippen molar-refractivity contribution in [3.63, 3.8) is 0 Å². The lowest BCUT2D eigenvalue weighted by molar-refractivity contribution is -0.384. The van der Waals surface area contributed by atoms with Crippen molar-refractivity contribution in [1.29, 1.82) is 0 Å². The largest absolute Gasteiger partial charge is 0.396 e. The molecule has 0 bridgehead atoms. The van der Waals surface area contributed by atoms with Crippen molar-refractivity contribution in [1.82, 2.24) is 4.98 Å². The van der Waals surface area contributed by atoms with Gasteiger partial charge in [0.25, 0.3) is 0 Å². The van der Waals surface area contributed by atoms with Gasteiger partial charge < -0.3 is 10.4 Å². The van der Waals surface area contributed by atoms with Crippen LogP contribution >= 0.6 is 11.6 Å². The SMILES string of the molecule is O=[N+]([O-])c1cc(Cl)cnc1NCC1(CCO)CC1. The van der Waals surface area contributed by atoms with E-state index in [1.54, 1.807) is 0 Å². The molecule has 2 N–H and O–H groups in total. The molecule has 0 saturated heterocycles. The number of aromatic nitrogens is 1. The van der Waals surface area contributed by atoms with Crippen molar-refractivity contribution in [3.8, 4) is 0 Å². The molecule has 1 aromatic rings. The lowest BCUT2D eigenvalue weighted by atomic mass is 10.0. The Morgan fingerprint density at radius 3 is 2.89 bits per heavy atom. The van der Waals surface area contributed by atoms with Crippen LogP contribution in [0.15, 0.2) is 12.3 Å². The highest BCUT2D eigenvalue weighted by Gasteiger charge is 2.41. The fraction of sp³-hybridized carbons (Fsp3) is 0.545. The number of anilines is 1. The Kier molecular flexibility index (Phi) is 3.68. The quantitative estimate of drug-likeness (QED) is 0.612. The predicted octanol–water partition coefficient (Wildman–Crippen LogP) is 2.22. The fourth-order valence-electron chi connectivity index (χ4n) is 1.90. The Morgan fingerprint density at radius 2 is 2.33 bits per heavy atom. The van der Waals surface area contributed by atoms with Gasteiger partial charge in [-0.2, -0.15) is 0 Å². The van der Waals surface area contributed by atoms with E-state index in [1.165, 1.54) is 12.3 Å². The van der Waals surface area contributed by atoms with Crippen LogP contribution in [-0.4, -0.2) is 28.2 Å². The van der Waals surface area contributed by atoms with Crippen molar-refractivity contribution in [2.45, 2.75) is 19.3 Å². The minimum Gasteiger partial charge on any atom is -0.396 e. The van der Waals surface area contributed by atoms with Gasteiger partial charge in [-0.3, -0.25) is 10.1 Å². The molecule has 1 fully saturated rings. The molecule has 1 heterocycles. The first-order valence-electron chi connectivity index (χ1n) is 5.71. The first-order chi connectivity index (χ1) is 8.56. The maximum Gasteiger partial charge on any atom is 0.312 e. The molecule has 6 nitrogen and oxygen atoms in total. The average molecular weight is 272 g/mol. The van der Waals surface area contributed by atoms with E-state index in [0.29, 0.717) is 13.0 Å². The number of nitro groups is 1. The zero-order valence-corrected chi connectivity index (χ0v) is 10.5. The second-order valence-electron chi connectivity index (χ2n) is 4.61. The van der Waals surface area contributed by atoms with Crippen molar-refractivity contribution in [2.75, 3.05) is 18.5 Å². The molecule has 7 heteroatoms. The van der Waals surface area contributed by atoms with E-state index in [9.17, 15) is 10.1 Å². The second-order valence-corrected chi connectivity index (χ2v) is 5.04. The van der Waals surface area contributed by atoms with Crippen LogP contribution < -0.4 is 5.32 Å². The summed E-state index contributed by atoms with van der Waals surface area (Å²) in [6, 6.07) is 1.28. The second kappa shape index (κ2) is 5.07. The summed E-state index contributed by atoms with van der Waals surface area (Å²) < 4.78 is 0. The van der Waals surface area contributed by atoms with Gasteiger partial charge in [-0.1, -0.05) is 11.6 Å². The highest BCUT2D eigenvalue weighted by atomic mass is 35.5. The summed E-state index contributed by atoms with van der Waals surface area (Å²) in [7, 11) is 0. The third kappa shape index (κ3) is 2.88. The fourth-order valence-corrected chi connectivity index (χ4v) is 2.06. The van der Waals surface area contributed by atoms with Crippen LogP contribution in [0.4, 0.5) is 11.5 Å². The van der Waals surface area contributed by atoms with E-state index < -0.39 is 4.92 Å². The van der Waals surface area contributed by atoms with Crippen LogP contribution in [-0.2, 0) is 0 Å². The molecule has 0 radical (unpaired) electrons. The van der Waals surface area contributed by atoms with Gasteiger partial charge >= 0.3 is 5.69 Å². The van der Waals surface area contributed by atoms with Crippen LogP contribution in [0.1, 0.15) is 19.3 Å². The molecule has 0 unspecified atom stereocenters. The summed E-state index contributed by atoms with van der Waals surface area (Å²) in [5.74, 6) is 0.230. The molecule has 2 rings (SSSR count). The number of aliphatic hydroxyl groups is 1. The van der Waals surface area contributed by atoms with Gasteiger partial charge in [0.2, 0.25) is 5.82 Å². The summed E-state index contributed by atoms with van der Waals surface area (Å²) in [6.45, 7) is 0.723. The molecule has 0 spiro atoms. The van der Waals surface area contributed by atoms with Crippen LogP contribution in [0.25, 0.3) is 0 Å². The van der Waals surface area contributed by atoms with E-state index in [0.717, 1.165) is 12.8 Å². The standard InChI is InChI=1S/C11H14ClN3O3/c12-8-5-9(15(17)18)10(13-6-8)14-7-11(1-2-11)3-4-16/h5-6,16H,1-4,7H2,(H,13,14). The van der Waals surface area contributed by atoms with E-state index in [1.807, 2.05) is 0 Å². The van der Waals surface area contributed by atoms with Gasteiger partial charge in [0.15, 0.2) is 0 Å². The highest BCUT2D eigenvalue weighted by Crippen LogP contribution is 2.48. The van der Waals surface area contributed by atoms with Gasteiger partial charge in [-0.25, -0.2) is 4.98 Å². The van der Waals surface area contributed by atoms with Crippen molar-refractivity contribution >= 4 is 23.1 Å². The lowest BCUT2D eigenvalue weighted by Crippen LogP contribution is -2.18. The predicted molar refractivity (Wildman–Crippen MR) is 67.8 cm³/mol. The average Bonchev–Trinajstić information content (AvgIpc) is 3.08. The highest BCUT2D eigenvalue weighted by molar-refractivity contribution is 6.30. The minimum atomic E-state index is -0.507. The number of nitrogens with zero attached hydrogens (tertiary/aromatic N) is 2. The first kappa shape index (κ1) is 13.0. The van der Waals surface area contributed by atoms with E-state index in [2.05, 4.69) is 10.3 Å². The van der Waals surface area contributed by atoms with Crippen LogP contribution in [0.2, 0.25) is 5.02 Å². The molecule has 0 aromatic carbocycles. The number of hydrogen-bond acceptors (Lipinski definition) is 5. The number of hydrogen-bond donors (Lipinski definition) is 2. The topological polar surface area (TPSA) is 88.3 Å². The van der Waals surface area contributed by atoms with E-state index >= 15 is 0 Å². The Bertz CT molecular complexity index is 463. The number of halogens is 1. The minimum absolute atomic E-state index is 0.0733.